The number of aryl methyl sites for hydroxylation is 3. The Morgan fingerprint density at radius 1 is 1.21 bits per heavy atom. The first kappa shape index (κ1) is 25.0. The maximum atomic E-state index is 12.3. The van der Waals surface area contributed by atoms with Crippen LogP contribution in [0, 0.1) is 13.8 Å². The Balaban J connectivity index is 0.00000158. The largest absolute Gasteiger partial charge is 0.465 e. The Bertz CT molecular complexity index is 1270. The summed E-state index contributed by atoms with van der Waals surface area (Å²) in [6.45, 7) is 12.5. The van der Waals surface area contributed by atoms with Crippen LogP contribution in [0.5, 0.6) is 0 Å². The second-order valence-electron chi connectivity index (χ2n) is 7.90. The smallest absolute Gasteiger partial charge is 0.314 e. The lowest BCUT2D eigenvalue weighted by Gasteiger charge is -2.14. The number of carbonyl (C=O) groups excluding carboxylic acids is 1. The van der Waals surface area contributed by atoms with Crippen molar-refractivity contribution in [2.24, 2.45) is 7.05 Å². The standard InChI is InChI=1S/C24H28N6O2.C2H6/c1-6-32-24(31)16(3)20-13-21(30-22(27-20)15(2)17(4)28-30)26-14-18-8-7-9-19(12-18)23-25-10-11-29(23)5;1-2/h7-13,16,26H,6,14H2,1-5H3;1-2H3. The molecule has 0 aliphatic carbocycles. The second-order valence-corrected chi connectivity index (χ2v) is 7.90. The molecule has 8 heteroatoms. The van der Waals surface area contributed by atoms with E-state index in [1.165, 1.54) is 0 Å². The summed E-state index contributed by atoms with van der Waals surface area (Å²) in [5, 5.41) is 8.12. The molecule has 0 amide bonds. The van der Waals surface area contributed by atoms with Crippen molar-refractivity contribution in [3.05, 3.63) is 65.2 Å². The minimum absolute atomic E-state index is 0.285. The van der Waals surface area contributed by atoms with Gasteiger partial charge >= 0.3 is 5.97 Å². The Morgan fingerprint density at radius 3 is 2.65 bits per heavy atom. The fraction of sp³-hybridized carbons (Fsp3) is 0.385. The summed E-state index contributed by atoms with van der Waals surface area (Å²) in [6, 6.07) is 10.1. The van der Waals surface area contributed by atoms with Gasteiger partial charge in [-0.15, -0.1) is 0 Å². The summed E-state index contributed by atoms with van der Waals surface area (Å²) < 4.78 is 9.00. The minimum Gasteiger partial charge on any atom is -0.465 e. The first-order chi connectivity index (χ1) is 16.4. The average molecular weight is 463 g/mol. The van der Waals surface area contributed by atoms with Crippen molar-refractivity contribution in [1.29, 1.82) is 0 Å². The number of fused-ring (bicyclic) bond motifs is 1. The van der Waals surface area contributed by atoms with Gasteiger partial charge in [-0.05, 0) is 39.3 Å². The van der Waals surface area contributed by atoms with Gasteiger partial charge in [0.2, 0.25) is 0 Å². The van der Waals surface area contributed by atoms with Gasteiger partial charge in [-0.1, -0.05) is 32.0 Å². The summed E-state index contributed by atoms with van der Waals surface area (Å²) >= 11 is 0. The molecule has 0 spiro atoms. The van der Waals surface area contributed by atoms with E-state index >= 15 is 0 Å². The van der Waals surface area contributed by atoms with Crippen LogP contribution >= 0.6 is 0 Å². The first-order valence-corrected chi connectivity index (χ1v) is 11.7. The van der Waals surface area contributed by atoms with Gasteiger partial charge in [-0.3, -0.25) is 4.79 Å². The van der Waals surface area contributed by atoms with Gasteiger partial charge in [0.05, 0.1) is 23.9 Å². The van der Waals surface area contributed by atoms with E-state index in [2.05, 4.69) is 33.6 Å². The van der Waals surface area contributed by atoms with Crippen LogP contribution in [0.3, 0.4) is 0 Å². The van der Waals surface area contributed by atoms with Crippen LogP contribution < -0.4 is 5.32 Å². The number of esters is 1. The van der Waals surface area contributed by atoms with Crippen molar-refractivity contribution >= 4 is 17.4 Å². The zero-order valence-electron chi connectivity index (χ0n) is 21.1. The number of aromatic nitrogens is 5. The quantitative estimate of drug-likeness (QED) is 0.387. The van der Waals surface area contributed by atoms with E-state index in [9.17, 15) is 4.79 Å². The molecule has 0 radical (unpaired) electrons. The SMILES string of the molecule is CC.CCOC(=O)C(C)c1cc(NCc2cccc(-c3nccn3C)c2)n2nc(C)c(C)c2n1. The molecule has 180 valence electrons. The number of anilines is 1. The summed E-state index contributed by atoms with van der Waals surface area (Å²) in [4.78, 5) is 21.5. The lowest BCUT2D eigenvalue weighted by Crippen LogP contribution is -2.16. The van der Waals surface area contributed by atoms with Crippen LogP contribution in [0.2, 0.25) is 0 Å². The van der Waals surface area contributed by atoms with Crippen LogP contribution in [0.1, 0.15) is 56.1 Å². The maximum Gasteiger partial charge on any atom is 0.314 e. The number of imidazole rings is 1. The fourth-order valence-electron chi connectivity index (χ4n) is 3.64. The molecule has 8 nitrogen and oxygen atoms in total. The molecule has 3 aromatic heterocycles. The summed E-state index contributed by atoms with van der Waals surface area (Å²) in [7, 11) is 1.98. The normalized spacial score (nSPS) is 11.6. The fourth-order valence-corrected chi connectivity index (χ4v) is 3.64. The van der Waals surface area contributed by atoms with Gasteiger partial charge in [0.15, 0.2) is 5.65 Å². The van der Waals surface area contributed by atoms with Gasteiger partial charge in [0.1, 0.15) is 11.6 Å². The topological polar surface area (TPSA) is 86.3 Å². The number of hydrogen-bond acceptors (Lipinski definition) is 6. The molecule has 1 atom stereocenters. The summed E-state index contributed by atoms with van der Waals surface area (Å²) in [5.41, 5.74) is 5.44. The number of benzene rings is 1. The van der Waals surface area contributed by atoms with E-state index in [4.69, 9.17) is 9.72 Å². The highest BCUT2D eigenvalue weighted by Gasteiger charge is 2.21. The number of rotatable bonds is 7. The number of hydrogen-bond donors (Lipinski definition) is 1. The molecule has 1 N–H and O–H groups in total. The van der Waals surface area contributed by atoms with Crippen molar-refractivity contribution in [1.82, 2.24) is 24.1 Å². The second kappa shape index (κ2) is 11.0. The molecule has 0 aliphatic heterocycles. The van der Waals surface area contributed by atoms with E-state index in [0.717, 1.165) is 39.7 Å². The van der Waals surface area contributed by atoms with Crippen molar-refractivity contribution in [2.75, 3.05) is 11.9 Å². The average Bonchev–Trinajstić information content (AvgIpc) is 3.41. The van der Waals surface area contributed by atoms with Crippen LogP contribution in [-0.4, -0.2) is 36.7 Å². The van der Waals surface area contributed by atoms with E-state index < -0.39 is 5.92 Å². The molecule has 0 bridgehead atoms. The van der Waals surface area contributed by atoms with Gasteiger partial charge in [-0.2, -0.15) is 9.61 Å². The number of nitrogens with one attached hydrogen (secondary N) is 1. The molecule has 1 unspecified atom stereocenters. The van der Waals surface area contributed by atoms with E-state index in [0.29, 0.717) is 18.8 Å². The maximum absolute atomic E-state index is 12.3. The molecule has 3 heterocycles. The molecule has 0 aliphatic rings. The monoisotopic (exact) mass is 462 g/mol. The lowest BCUT2D eigenvalue weighted by molar-refractivity contribution is -0.144. The Kier molecular flexibility index (Phi) is 8.04. The minimum atomic E-state index is -0.471. The Hall–Kier alpha value is -3.68. The van der Waals surface area contributed by atoms with Gasteiger partial charge in [-0.25, -0.2) is 9.97 Å². The predicted molar refractivity (Wildman–Crippen MR) is 135 cm³/mol. The third kappa shape index (κ3) is 5.11. The molecule has 0 fully saturated rings. The van der Waals surface area contributed by atoms with Crippen LogP contribution in [0.25, 0.3) is 17.0 Å². The van der Waals surface area contributed by atoms with Crippen molar-refractivity contribution < 1.29 is 9.53 Å². The molecule has 34 heavy (non-hydrogen) atoms. The van der Waals surface area contributed by atoms with Crippen molar-refractivity contribution in [3.8, 4) is 11.4 Å². The number of nitrogens with zero attached hydrogens (tertiary/aromatic N) is 5. The van der Waals surface area contributed by atoms with Gasteiger partial charge in [0.25, 0.3) is 0 Å². The predicted octanol–water partition coefficient (Wildman–Crippen LogP) is 5.05. The summed E-state index contributed by atoms with van der Waals surface area (Å²) in [5.74, 6) is 0.940. The molecule has 4 aromatic rings. The zero-order valence-corrected chi connectivity index (χ0v) is 21.1. The highest BCUT2D eigenvalue weighted by atomic mass is 16.5. The van der Waals surface area contributed by atoms with Gasteiger partial charge in [0, 0.05) is 43.2 Å². The van der Waals surface area contributed by atoms with Crippen molar-refractivity contribution in [3.63, 3.8) is 0 Å². The Morgan fingerprint density at radius 2 is 1.97 bits per heavy atom. The van der Waals surface area contributed by atoms with Crippen LogP contribution in [0.15, 0.2) is 42.7 Å². The highest BCUT2D eigenvalue weighted by molar-refractivity contribution is 5.77. The molecular weight excluding hydrogens is 428 g/mol. The van der Waals surface area contributed by atoms with Crippen LogP contribution in [0.4, 0.5) is 5.82 Å². The van der Waals surface area contributed by atoms with E-state index in [-0.39, 0.29) is 5.97 Å². The molecule has 0 saturated carbocycles. The lowest BCUT2D eigenvalue weighted by atomic mass is 10.1. The summed E-state index contributed by atoms with van der Waals surface area (Å²) in [6.07, 6.45) is 3.73. The van der Waals surface area contributed by atoms with Crippen LogP contribution in [-0.2, 0) is 23.1 Å². The van der Waals surface area contributed by atoms with Crippen molar-refractivity contribution in [2.45, 2.75) is 54.0 Å². The molecule has 4 rings (SSSR count). The third-order valence-corrected chi connectivity index (χ3v) is 5.64. The first-order valence-electron chi connectivity index (χ1n) is 11.7. The Labute approximate surface area is 201 Å². The van der Waals surface area contributed by atoms with E-state index in [1.807, 2.05) is 64.6 Å². The third-order valence-electron chi connectivity index (χ3n) is 5.64. The molecule has 0 saturated heterocycles. The van der Waals surface area contributed by atoms with Gasteiger partial charge < -0.3 is 14.6 Å². The molecule has 1 aromatic carbocycles. The highest BCUT2D eigenvalue weighted by Crippen LogP contribution is 2.24. The zero-order chi connectivity index (χ0) is 24.8. The molecular formula is C26H34N6O2. The number of ether oxygens (including phenoxy) is 1. The van der Waals surface area contributed by atoms with E-state index in [1.54, 1.807) is 17.6 Å². The number of carbonyl (C=O) groups is 1.